The molecule has 0 radical (unpaired) electrons. The van der Waals surface area contributed by atoms with Gasteiger partial charge in [0.1, 0.15) is 6.17 Å². The fourth-order valence-corrected chi connectivity index (χ4v) is 4.04. The molecule has 1 amide bonds. The number of pyridine rings is 1. The van der Waals surface area contributed by atoms with E-state index in [1.54, 1.807) is 22.8 Å². The number of aliphatic hydroxyl groups excluding tert-OH is 1. The number of benzene rings is 1. The second kappa shape index (κ2) is 6.17. The first-order valence-corrected chi connectivity index (χ1v) is 8.63. The van der Waals surface area contributed by atoms with E-state index in [2.05, 4.69) is 0 Å². The summed E-state index contributed by atoms with van der Waals surface area (Å²) in [7, 11) is 3.11. The van der Waals surface area contributed by atoms with E-state index in [0.29, 0.717) is 12.8 Å². The number of fused-ring (bicyclic) bond motifs is 3. The lowest BCUT2D eigenvalue weighted by Gasteiger charge is -2.53. The lowest BCUT2D eigenvalue weighted by molar-refractivity contribution is 0.0258. The van der Waals surface area contributed by atoms with Crippen molar-refractivity contribution in [3.8, 4) is 5.75 Å². The molecule has 136 valence electrons. The van der Waals surface area contributed by atoms with Crippen molar-refractivity contribution in [1.82, 2.24) is 9.58 Å². The number of ether oxygens (including phenoxy) is 1. The van der Waals surface area contributed by atoms with Crippen molar-refractivity contribution >= 4 is 5.91 Å². The number of aromatic nitrogens is 1. The summed E-state index contributed by atoms with van der Waals surface area (Å²) in [5.74, 6) is -0.237. The Labute approximate surface area is 151 Å². The molecule has 0 saturated carbocycles. The Morgan fingerprint density at radius 3 is 2.54 bits per heavy atom. The molecule has 2 aromatic rings. The number of carbonyl (C=O) groups excluding carboxylic acids is 1. The highest BCUT2D eigenvalue weighted by atomic mass is 16.5. The summed E-state index contributed by atoms with van der Waals surface area (Å²) in [6, 6.07) is 10.8. The second-order valence-corrected chi connectivity index (χ2v) is 6.68. The van der Waals surface area contributed by atoms with Crippen LogP contribution in [0.1, 0.15) is 34.9 Å². The monoisotopic (exact) mass is 355 g/mol. The summed E-state index contributed by atoms with van der Waals surface area (Å²) in [6.07, 6.45) is 2.02. The zero-order valence-electron chi connectivity index (χ0n) is 14.7. The first-order chi connectivity index (χ1) is 12.5. The standard InChI is InChI=1S/C19H21N3O4/c1-20-15-9-8-13(23)16(12-6-4-3-5-7-12)22(15)21-11-10-14(24)18(26-2)17(21)19(20)25/h3-7,10-11,13,15-16,23H,8-9H2,1-2H3. The van der Waals surface area contributed by atoms with Crippen LogP contribution in [-0.2, 0) is 0 Å². The molecule has 3 atom stereocenters. The molecular weight excluding hydrogens is 334 g/mol. The third-order valence-electron chi connectivity index (χ3n) is 5.27. The van der Waals surface area contributed by atoms with Crippen LogP contribution in [0.2, 0.25) is 0 Å². The summed E-state index contributed by atoms with van der Waals surface area (Å²) >= 11 is 0. The number of amides is 1. The summed E-state index contributed by atoms with van der Waals surface area (Å²) in [5, 5.41) is 12.7. The maximum Gasteiger partial charge on any atom is 0.277 e. The number of hydrogen-bond donors (Lipinski definition) is 1. The molecule has 4 rings (SSSR count). The van der Waals surface area contributed by atoms with Gasteiger partial charge < -0.3 is 14.7 Å². The van der Waals surface area contributed by atoms with Crippen LogP contribution >= 0.6 is 0 Å². The summed E-state index contributed by atoms with van der Waals surface area (Å²) in [5.41, 5.74) is 0.803. The van der Waals surface area contributed by atoms with Crippen LogP contribution in [0, 0.1) is 0 Å². The fraction of sp³-hybridized carbons (Fsp3) is 0.368. The maximum atomic E-state index is 12.9. The SMILES string of the molecule is COc1c2n(ccc1=O)N1C(c3ccccc3)C(O)CCC1N(C)C2=O. The van der Waals surface area contributed by atoms with Crippen molar-refractivity contribution in [3.05, 3.63) is 64.1 Å². The molecule has 1 aromatic carbocycles. The molecule has 7 heteroatoms. The predicted octanol–water partition coefficient (Wildman–Crippen LogP) is 1.10. The van der Waals surface area contributed by atoms with Crippen LogP contribution in [0.5, 0.6) is 5.75 Å². The molecule has 0 aliphatic carbocycles. The molecule has 1 saturated heterocycles. The number of nitrogens with zero attached hydrogens (tertiary/aromatic N) is 3. The third kappa shape index (κ3) is 2.31. The zero-order chi connectivity index (χ0) is 18.4. The van der Waals surface area contributed by atoms with Gasteiger partial charge in [-0.3, -0.25) is 19.3 Å². The average Bonchev–Trinajstić information content (AvgIpc) is 2.66. The van der Waals surface area contributed by atoms with Gasteiger partial charge in [0, 0.05) is 19.3 Å². The molecule has 1 aromatic heterocycles. The van der Waals surface area contributed by atoms with Crippen LogP contribution in [0.15, 0.2) is 47.4 Å². The smallest absolute Gasteiger partial charge is 0.277 e. The van der Waals surface area contributed by atoms with Crippen LogP contribution in [-0.4, -0.2) is 47.0 Å². The molecule has 0 spiro atoms. The highest BCUT2D eigenvalue weighted by Crippen LogP contribution is 2.38. The lowest BCUT2D eigenvalue weighted by atomic mass is 9.91. The number of rotatable bonds is 2. The molecular formula is C19H21N3O4. The summed E-state index contributed by atoms with van der Waals surface area (Å²) in [6.45, 7) is 0. The minimum Gasteiger partial charge on any atom is -0.491 e. The Balaban J connectivity index is 1.95. The normalized spacial score (nSPS) is 24.9. The lowest BCUT2D eigenvalue weighted by Crippen LogP contribution is -2.65. The van der Waals surface area contributed by atoms with Crippen molar-refractivity contribution in [2.75, 3.05) is 19.2 Å². The van der Waals surface area contributed by atoms with E-state index in [1.165, 1.54) is 13.2 Å². The van der Waals surface area contributed by atoms with E-state index in [9.17, 15) is 14.7 Å². The molecule has 1 N–H and O–H groups in total. The average molecular weight is 355 g/mol. The first kappa shape index (κ1) is 16.7. The molecule has 3 heterocycles. The van der Waals surface area contributed by atoms with E-state index in [1.807, 2.05) is 35.3 Å². The van der Waals surface area contributed by atoms with E-state index >= 15 is 0 Å². The van der Waals surface area contributed by atoms with Crippen LogP contribution in [0.3, 0.4) is 0 Å². The first-order valence-electron chi connectivity index (χ1n) is 8.63. The Morgan fingerprint density at radius 2 is 1.85 bits per heavy atom. The minimum atomic E-state index is -0.589. The maximum absolute atomic E-state index is 12.9. The number of methoxy groups -OCH3 is 1. The van der Waals surface area contributed by atoms with E-state index in [4.69, 9.17) is 4.74 Å². The highest BCUT2D eigenvalue weighted by Gasteiger charge is 2.46. The Bertz CT molecular complexity index is 895. The molecule has 1 fully saturated rings. The van der Waals surface area contributed by atoms with Gasteiger partial charge in [0.2, 0.25) is 5.43 Å². The minimum absolute atomic E-state index is 0.0228. The molecule has 2 aliphatic rings. The Kier molecular flexibility index (Phi) is 3.96. The van der Waals surface area contributed by atoms with Gasteiger partial charge >= 0.3 is 0 Å². The van der Waals surface area contributed by atoms with Gasteiger partial charge in [-0.05, 0) is 18.4 Å². The number of hydrogen-bond acceptors (Lipinski definition) is 5. The van der Waals surface area contributed by atoms with Gasteiger partial charge in [0.25, 0.3) is 5.91 Å². The number of carbonyl (C=O) groups is 1. The van der Waals surface area contributed by atoms with Gasteiger partial charge in [-0.2, -0.15) is 0 Å². The van der Waals surface area contributed by atoms with E-state index in [0.717, 1.165) is 5.56 Å². The largest absolute Gasteiger partial charge is 0.491 e. The van der Waals surface area contributed by atoms with Crippen molar-refractivity contribution in [3.63, 3.8) is 0 Å². The topological polar surface area (TPSA) is 75.0 Å². The Morgan fingerprint density at radius 1 is 1.12 bits per heavy atom. The van der Waals surface area contributed by atoms with Crippen molar-refractivity contribution in [2.24, 2.45) is 0 Å². The summed E-state index contributed by atoms with van der Waals surface area (Å²) in [4.78, 5) is 26.7. The molecule has 2 aliphatic heterocycles. The van der Waals surface area contributed by atoms with Crippen molar-refractivity contribution in [1.29, 1.82) is 0 Å². The van der Waals surface area contributed by atoms with Gasteiger partial charge in [-0.1, -0.05) is 30.3 Å². The molecule has 3 unspecified atom stereocenters. The predicted molar refractivity (Wildman–Crippen MR) is 95.8 cm³/mol. The molecule has 26 heavy (non-hydrogen) atoms. The van der Waals surface area contributed by atoms with Gasteiger partial charge in [0.05, 0.1) is 19.3 Å². The van der Waals surface area contributed by atoms with Gasteiger partial charge in [-0.25, -0.2) is 0 Å². The molecule has 7 nitrogen and oxygen atoms in total. The summed E-state index contributed by atoms with van der Waals surface area (Å²) < 4.78 is 6.91. The number of piperidine rings is 1. The molecule has 0 bridgehead atoms. The quantitative estimate of drug-likeness (QED) is 0.873. The highest BCUT2D eigenvalue weighted by molar-refractivity contribution is 5.96. The Hall–Kier alpha value is -2.80. The van der Waals surface area contributed by atoms with Crippen LogP contribution < -0.4 is 15.2 Å². The van der Waals surface area contributed by atoms with Crippen LogP contribution in [0.25, 0.3) is 0 Å². The fourth-order valence-electron chi connectivity index (χ4n) is 4.04. The van der Waals surface area contributed by atoms with Crippen molar-refractivity contribution < 1.29 is 14.6 Å². The van der Waals surface area contributed by atoms with Crippen molar-refractivity contribution in [2.45, 2.75) is 31.2 Å². The van der Waals surface area contributed by atoms with E-state index < -0.39 is 6.10 Å². The zero-order valence-corrected chi connectivity index (χ0v) is 14.7. The van der Waals surface area contributed by atoms with E-state index in [-0.39, 0.29) is 35.0 Å². The number of aliphatic hydroxyl groups is 1. The van der Waals surface area contributed by atoms with Gasteiger partial charge in [0.15, 0.2) is 11.4 Å². The second-order valence-electron chi connectivity index (χ2n) is 6.68. The van der Waals surface area contributed by atoms with Gasteiger partial charge in [-0.15, -0.1) is 0 Å². The van der Waals surface area contributed by atoms with Crippen LogP contribution in [0.4, 0.5) is 0 Å². The third-order valence-corrected chi connectivity index (χ3v) is 5.27.